The van der Waals surface area contributed by atoms with Crippen LogP contribution in [-0.4, -0.2) is 40.4 Å². The van der Waals surface area contributed by atoms with Crippen LogP contribution in [0.15, 0.2) is 48.8 Å². The van der Waals surface area contributed by atoms with Gasteiger partial charge in [0.1, 0.15) is 0 Å². The number of nitrogens with zero attached hydrogens (tertiary/aromatic N) is 2. The average molecular weight is 435 g/mol. The molecule has 1 aromatic carbocycles. The van der Waals surface area contributed by atoms with Crippen molar-refractivity contribution in [2.75, 3.05) is 11.9 Å². The normalized spacial score (nSPS) is 18.7. The molecule has 3 amide bonds. The molecule has 0 radical (unpaired) electrons. The van der Waals surface area contributed by atoms with E-state index in [0.717, 1.165) is 30.2 Å². The van der Waals surface area contributed by atoms with Gasteiger partial charge in [-0.05, 0) is 42.0 Å². The maximum Gasteiger partial charge on any atom is 0.313 e. The van der Waals surface area contributed by atoms with E-state index in [-0.39, 0.29) is 23.2 Å². The summed E-state index contributed by atoms with van der Waals surface area (Å²) in [7, 11) is 0. The highest BCUT2D eigenvalue weighted by atomic mass is 16.2. The number of carbonyl (C=O) groups is 3. The third-order valence-electron chi connectivity index (χ3n) is 5.44. The first kappa shape index (κ1) is 22.7. The highest BCUT2D eigenvalue weighted by Crippen LogP contribution is 2.34. The summed E-state index contributed by atoms with van der Waals surface area (Å²) in [5.41, 5.74) is 13.7. The van der Waals surface area contributed by atoms with Crippen LogP contribution in [-0.2, 0) is 9.59 Å². The molecule has 1 fully saturated rings. The van der Waals surface area contributed by atoms with Gasteiger partial charge >= 0.3 is 11.8 Å². The van der Waals surface area contributed by atoms with Crippen LogP contribution in [0.1, 0.15) is 47.3 Å². The van der Waals surface area contributed by atoms with Gasteiger partial charge in [-0.1, -0.05) is 31.2 Å². The average Bonchev–Trinajstić information content (AvgIpc) is 2.79. The number of allylic oxidation sites excluding steroid dienone is 1. The van der Waals surface area contributed by atoms with Gasteiger partial charge in [-0.2, -0.15) is 0 Å². The van der Waals surface area contributed by atoms with Crippen molar-refractivity contribution in [1.82, 2.24) is 9.88 Å². The summed E-state index contributed by atoms with van der Waals surface area (Å²) in [6, 6.07) is 8.58. The zero-order valence-electron chi connectivity index (χ0n) is 17.7. The van der Waals surface area contributed by atoms with Gasteiger partial charge in [0, 0.05) is 24.7 Å². The fourth-order valence-electron chi connectivity index (χ4n) is 3.77. The number of anilines is 1. The number of aromatic nitrogens is 1. The number of rotatable bonds is 5. The molecule has 6 N–H and O–H groups in total. The Hall–Kier alpha value is -4.01. The van der Waals surface area contributed by atoms with Crippen molar-refractivity contribution in [2.24, 2.45) is 17.4 Å². The van der Waals surface area contributed by atoms with E-state index in [2.05, 4.69) is 10.3 Å². The SMILES string of the molecule is C[C@@H]1CC[C@@H](c2ccc(C(N)=CC=N)cc2)N(C(=O)C(=O)Nc2cncc(C(N)=O)c2)C1. The predicted molar refractivity (Wildman–Crippen MR) is 122 cm³/mol. The van der Waals surface area contributed by atoms with E-state index in [1.165, 1.54) is 24.5 Å². The van der Waals surface area contributed by atoms with Crippen molar-refractivity contribution in [2.45, 2.75) is 25.8 Å². The predicted octanol–water partition coefficient (Wildman–Crippen LogP) is 2.07. The summed E-state index contributed by atoms with van der Waals surface area (Å²) in [5.74, 6) is -1.88. The number of nitrogens with two attached hydrogens (primary N) is 2. The van der Waals surface area contributed by atoms with E-state index in [1.807, 2.05) is 31.2 Å². The first-order valence-corrected chi connectivity index (χ1v) is 10.2. The molecule has 1 saturated heterocycles. The number of amides is 3. The summed E-state index contributed by atoms with van der Waals surface area (Å²) < 4.78 is 0. The van der Waals surface area contributed by atoms with Crippen molar-refractivity contribution in [3.63, 3.8) is 0 Å². The number of primary amides is 1. The molecule has 9 heteroatoms. The molecule has 0 unspecified atom stereocenters. The number of hydrogen-bond donors (Lipinski definition) is 4. The first-order chi connectivity index (χ1) is 15.3. The summed E-state index contributed by atoms with van der Waals surface area (Å²) in [5, 5.41) is 9.65. The number of hydrogen-bond acceptors (Lipinski definition) is 6. The lowest BCUT2D eigenvalue weighted by Gasteiger charge is -2.38. The molecule has 0 aliphatic carbocycles. The number of piperidine rings is 1. The van der Waals surface area contributed by atoms with Gasteiger partial charge in [-0.25, -0.2) is 0 Å². The van der Waals surface area contributed by atoms with Crippen molar-refractivity contribution in [3.8, 4) is 0 Å². The highest BCUT2D eigenvalue weighted by Gasteiger charge is 2.34. The topological polar surface area (TPSA) is 155 Å². The quantitative estimate of drug-likeness (QED) is 0.419. The smallest absolute Gasteiger partial charge is 0.313 e. The minimum Gasteiger partial charge on any atom is -0.398 e. The Kier molecular flexibility index (Phi) is 6.99. The molecule has 0 bridgehead atoms. The molecule has 0 spiro atoms. The monoisotopic (exact) mass is 434 g/mol. The molecule has 0 saturated carbocycles. The number of pyridine rings is 1. The van der Waals surface area contributed by atoms with Crippen molar-refractivity contribution >= 4 is 35.3 Å². The van der Waals surface area contributed by atoms with Crippen LogP contribution in [0.2, 0.25) is 0 Å². The Labute approximate surface area is 186 Å². The molecule has 1 aromatic heterocycles. The minimum atomic E-state index is -0.803. The first-order valence-electron chi connectivity index (χ1n) is 10.2. The molecule has 9 nitrogen and oxygen atoms in total. The Morgan fingerprint density at radius 3 is 2.50 bits per heavy atom. The lowest BCUT2D eigenvalue weighted by molar-refractivity contribution is -0.146. The van der Waals surface area contributed by atoms with E-state index in [4.69, 9.17) is 16.9 Å². The summed E-state index contributed by atoms with van der Waals surface area (Å²) in [6.07, 6.45) is 6.91. The van der Waals surface area contributed by atoms with Gasteiger partial charge in [0.2, 0.25) is 5.91 Å². The fraction of sp³-hybridized carbons (Fsp3) is 0.261. The van der Waals surface area contributed by atoms with Crippen LogP contribution >= 0.6 is 0 Å². The zero-order valence-corrected chi connectivity index (χ0v) is 17.7. The molecule has 32 heavy (non-hydrogen) atoms. The zero-order chi connectivity index (χ0) is 23.3. The molecule has 2 aromatic rings. The molecule has 166 valence electrons. The second-order valence-corrected chi connectivity index (χ2v) is 7.85. The molecular weight excluding hydrogens is 408 g/mol. The fourth-order valence-corrected chi connectivity index (χ4v) is 3.77. The van der Waals surface area contributed by atoms with Crippen molar-refractivity contribution in [3.05, 3.63) is 65.5 Å². The maximum absolute atomic E-state index is 13.1. The summed E-state index contributed by atoms with van der Waals surface area (Å²) >= 11 is 0. The number of carbonyl (C=O) groups excluding carboxylic acids is 3. The van der Waals surface area contributed by atoms with Crippen LogP contribution < -0.4 is 16.8 Å². The van der Waals surface area contributed by atoms with E-state index >= 15 is 0 Å². The van der Waals surface area contributed by atoms with Crippen LogP contribution in [0.5, 0.6) is 0 Å². The molecule has 1 aliphatic rings. The molecule has 2 heterocycles. The van der Waals surface area contributed by atoms with Crippen LogP contribution in [0, 0.1) is 11.3 Å². The Morgan fingerprint density at radius 1 is 1.12 bits per heavy atom. The van der Waals surface area contributed by atoms with Crippen LogP contribution in [0.25, 0.3) is 5.70 Å². The van der Waals surface area contributed by atoms with E-state index in [9.17, 15) is 14.4 Å². The van der Waals surface area contributed by atoms with Gasteiger partial charge < -0.3 is 27.1 Å². The van der Waals surface area contributed by atoms with Gasteiger partial charge in [-0.15, -0.1) is 0 Å². The summed E-state index contributed by atoms with van der Waals surface area (Å²) in [6.45, 7) is 2.49. The third-order valence-corrected chi connectivity index (χ3v) is 5.44. The minimum absolute atomic E-state index is 0.135. The maximum atomic E-state index is 13.1. The van der Waals surface area contributed by atoms with Gasteiger partial charge in [-0.3, -0.25) is 19.4 Å². The Balaban J connectivity index is 1.80. The molecule has 1 aliphatic heterocycles. The Morgan fingerprint density at radius 2 is 1.84 bits per heavy atom. The largest absolute Gasteiger partial charge is 0.398 e. The van der Waals surface area contributed by atoms with E-state index in [1.54, 1.807) is 4.90 Å². The molecular formula is C23H26N6O3. The summed E-state index contributed by atoms with van der Waals surface area (Å²) in [4.78, 5) is 42.5. The molecule has 3 rings (SSSR count). The molecule has 2 atom stereocenters. The van der Waals surface area contributed by atoms with Gasteiger partial charge in [0.25, 0.3) is 0 Å². The van der Waals surface area contributed by atoms with Gasteiger partial charge in [0.05, 0.1) is 23.5 Å². The van der Waals surface area contributed by atoms with Crippen molar-refractivity contribution < 1.29 is 14.4 Å². The van der Waals surface area contributed by atoms with Gasteiger partial charge in [0.15, 0.2) is 0 Å². The van der Waals surface area contributed by atoms with E-state index < -0.39 is 17.7 Å². The second kappa shape index (κ2) is 9.86. The standard InChI is InChI=1S/C23H26N6O3/c1-14-2-7-20(16-5-3-15(4-6-16)19(25)8-9-24)29(13-14)23(32)22(31)28-18-10-17(21(26)30)11-27-12-18/h3-6,8-12,14,20,24H,2,7,13,25H2,1H3,(H2,26,30)(H,28,31)/t14-,20+/m1/s1. The Bertz CT molecular complexity index is 1060. The lowest BCUT2D eigenvalue weighted by Crippen LogP contribution is -2.46. The van der Waals surface area contributed by atoms with E-state index in [0.29, 0.717) is 12.2 Å². The third kappa shape index (κ3) is 5.18. The van der Waals surface area contributed by atoms with Crippen molar-refractivity contribution in [1.29, 1.82) is 5.41 Å². The second-order valence-electron chi connectivity index (χ2n) is 7.85. The number of benzene rings is 1. The lowest BCUT2D eigenvalue weighted by atomic mass is 9.89. The number of nitrogens with one attached hydrogen (secondary N) is 2. The number of likely N-dealkylation sites (tertiary alicyclic amines) is 1. The van der Waals surface area contributed by atoms with Crippen LogP contribution in [0.4, 0.5) is 5.69 Å². The highest BCUT2D eigenvalue weighted by molar-refractivity contribution is 6.39. The van der Waals surface area contributed by atoms with Crippen LogP contribution in [0.3, 0.4) is 0 Å².